The summed E-state index contributed by atoms with van der Waals surface area (Å²) in [6.45, 7) is 2.32. The van der Waals surface area contributed by atoms with Crippen LogP contribution < -0.4 is 10.6 Å². The molecule has 2 heterocycles. The molecule has 1 aliphatic heterocycles. The summed E-state index contributed by atoms with van der Waals surface area (Å²) in [7, 11) is 0. The van der Waals surface area contributed by atoms with Crippen molar-refractivity contribution < 1.29 is 22.8 Å². The van der Waals surface area contributed by atoms with Crippen LogP contribution in [0.2, 0.25) is 0 Å². The first-order chi connectivity index (χ1) is 12.3. The van der Waals surface area contributed by atoms with Gasteiger partial charge in [-0.05, 0) is 44.0 Å². The minimum Gasteiger partial charge on any atom is -0.352 e. The van der Waals surface area contributed by atoms with E-state index in [0.29, 0.717) is 29.9 Å². The molecule has 144 valence electrons. The predicted octanol–water partition coefficient (Wildman–Crippen LogP) is 1.40. The van der Waals surface area contributed by atoms with Crippen LogP contribution in [-0.2, 0) is 22.6 Å². The zero-order valence-corrected chi connectivity index (χ0v) is 14.6. The summed E-state index contributed by atoms with van der Waals surface area (Å²) in [5.41, 5.74) is 1.11. The fraction of sp³-hybridized carbons (Fsp3) is 0.588. The molecule has 0 aromatic carbocycles. The van der Waals surface area contributed by atoms with Gasteiger partial charge in [0.25, 0.3) is 0 Å². The summed E-state index contributed by atoms with van der Waals surface area (Å²) in [4.78, 5) is 28.6. The lowest BCUT2D eigenvalue weighted by Gasteiger charge is -2.27. The van der Waals surface area contributed by atoms with Crippen LogP contribution in [0.25, 0.3) is 0 Å². The number of carbonyl (C=O) groups is 2. The molecule has 0 aliphatic carbocycles. The summed E-state index contributed by atoms with van der Waals surface area (Å²) in [5.74, 6) is -2.63. The minimum absolute atomic E-state index is 0.0901. The topological polar surface area (TPSA) is 74.3 Å². The van der Waals surface area contributed by atoms with Gasteiger partial charge in [-0.2, -0.15) is 13.2 Å². The SMILES string of the molecule is CCc1cccnc1CN(CC(=O)NC1CCNCC1)C(=O)C(F)(F)F. The molecule has 0 saturated carbocycles. The standard InChI is InChI=1S/C17H23F3N4O2/c1-2-12-4-3-7-22-14(12)10-24(16(26)17(18,19)20)11-15(25)23-13-5-8-21-9-6-13/h3-4,7,13,21H,2,5-6,8-11H2,1H3,(H,23,25). The first-order valence-corrected chi connectivity index (χ1v) is 8.60. The van der Waals surface area contributed by atoms with Gasteiger partial charge < -0.3 is 15.5 Å². The number of piperidine rings is 1. The van der Waals surface area contributed by atoms with Gasteiger partial charge in [-0.1, -0.05) is 13.0 Å². The minimum atomic E-state index is -5.05. The van der Waals surface area contributed by atoms with Gasteiger partial charge in [-0.15, -0.1) is 0 Å². The lowest BCUT2D eigenvalue weighted by atomic mass is 10.1. The van der Waals surface area contributed by atoms with Crippen LogP contribution >= 0.6 is 0 Å². The molecule has 1 aliphatic rings. The van der Waals surface area contributed by atoms with Crippen LogP contribution in [0.5, 0.6) is 0 Å². The molecule has 1 aromatic rings. The van der Waals surface area contributed by atoms with Gasteiger partial charge in [0, 0.05) is 12.2 Å². The summed E-state index contributed by atoms with van der Waals surface area (Å²) in [5, 5.41) is 5.85. The number of amides is 2. The highest BCUT2D eigenvalue weighted by Gasteiger charge is 2.43. The van der Waals surface area contributed by atoms with Crippen LogP contribution in [0.4, 0.5) is 13.2 Å². The molecule has 0 radical (unpaired) electrons. The molecule has 1 fully saturated rings. The van der Waals surface area contributed by atoms with Crippen molar-refractivity contribution in [3.63, 3.8) is 0 Å². The predicted molar refractivity (Wildman–Crippen MR) is 89.1 cm³/mol. The second-order valence-corrected chi connectivity index (χ2v) is 6.21. The highest BCUT2D eigenvalue weighted by Crippen LogP contribution is 2.20. The van der Waals surface area contributed by atoms with Crippen molar-refractivity contribution in [1.82, 2.24) is 20.5 Å². The number of carbonyl (C=O) groups excluding carboxylic acids is 2. The van der Waals surface area contributed by atoms with E-state index < -0.39 is 24.5 Å². The van der Waals surface area contributed by atoms with Crippen LogP contribution in [-0.4, -0.2) is 53.6 Å². The third-order valence-electron chi connectivity index (χ3n) is 4.27. The first-order valence-electron chi connectivity index (χ1n) is 8.60. The Morgan fingerprint density at radius 1 is 1.35 bits per heavy atom. The van der Waals surface area contributed by atoms with E-state index in [2.05, 4.69) is 15.6 Å². The number of hydrogen-bond donors (Lipinski definition) is 2. The maximum absolute atomic E-state index is 12.9. The maximum Gasteiger partial charge on any atom is 0.471 e. The second-order valence-electron chi connectivity index (χ2n) is 6.21. The third kappa shape index (κ3) is 5.69. The van der Waals surface area contributed by atoms with E-state index in [0.717, 1.165) is 18.7 Å². The van der Waals surface area contributed by atoms with Crippen LogP contribution in [0, 0.1) is 0 Å². The molecular formula is C17H23F3N4O2. The van der Waals surface area contributed by atoms with Crippen molar-refractivity contribution in [3.8, 4) is 0 Å². The maximum atomic E-state index is 12.9. The van der Waals surface area contributed by atoms with Gasteiger partial charge in [0.1, 0.15) is 6.54 Å². The summed E-state index contributed by atoms with van der Waals surface area (Å²) < 4.78 is 38.8. The van der Waals surface area contributed by atoms with Crippen molar-refractivity contribution in [2.24, 2.45) is 0 Å². The molecule has 9 heteroatoms. The fourth-order valence-corrected chi connectivity index (χ4v) is 2.91. The molecule has 0 spiro atoms. The molecule has 26 heavy (non-hydrogen) atoms. The molecule has 0 atom stereocenters. The molecule has 0 bridgehead atoms. The molecular weight excluding hydrogens is 349 g/mol. The van der Waals surface area contributed by atoms with Gasteiger partial charge in [0.05, 0.1) is 12.2 Å². The molecule has 1 saturated heterocycles. The van der Waals surface area contributed by atoms with E-state index in [-0.39, 0.29) is 12.6 Å². The number of halogens is 3. The number of hydrogen-bond acceptors (Lipinski definition) is 4. The van der Waals surface area contributed by atoms with E-state index in [1.54, 1.807) is 12.1 Å². The monoisotopic (exact) mass is 372 g/mol. The molecule has 6 nitrogen and oxygen atoms in total. The Morgan fingerprint density at radius 3 is 2.65 bits per heavy atom. The number of aromatic nitrogens is 1. The molecule has 0 unspecified atom stereocenters. The van der Waals surface area contributed by atoms with Crippen molar-refractivity contribution in [2.75, 3.05) is 19.6 Å². The van der Waals surface area contributed by atoms with Gasteiger partial charge >= 0.3 is 12.1 Å². The smallest absolute Gasteiger partial charge is 0.352 e. The van der Waals surface area contributed by atoms with Crippen molar-refractivity contribution in [2.45, 2.75) is 44.9 Å². The number of alkyl halides is 3. The number of nitrogens with one attached hydrogen (secondary N) is 2. The van der Waals surface area contributed by atoms with Gasteiger partial charge in [0.2, 0.25) is 5.91 Å². The summed E-state index contributed by atoms with van der Waals surface area (Å²) in [6, 6.07) is 3.34. The van der Waals surface area contributed by atoms with E-state index in [1.807, 2.05) is 6.92 Å². The van der Waals surface area contributed by atoms with Crippen molar-refractivity contribution >= 4 is 11.8 Å². The largest absolute Gasteiger partial charge is 0.471 e. The third-order valence-corrected chi connectivity index (χ3v) is 4.27. The lowest BCUT2D eigenvalue weighted by Crippen LogP contribution is -2.49. The first kappa shape index (κ1) is 20.2. The Bertz CT molecular complexity index is 631. The van der Waals surface area contributed by atoms with E-state index in [4.69, 9.17) is 0 Å². The quantitative estimate of drug-likeness (QED) is 0.792. The Hall–Kier alpha value is -2.16. The Morgan fingerprint density at radius 2 is 2.04 bits per heavy atom. The summed E-state index contributed by atoms with van der Waals surface area (Å²) in [6.07, 6.45) is -1.60. The normalized spacial score (nSPS) is 15.5. The Balaban J connectivity index is 2.10. The number of rotatable bonds is 6. The molecule has 2 rings (SSSR count). The average Bonchev–Trinajstić information content (AvgIpc) is 2.61. The van der Waals surface area contributed by atoms with E-state index >= 15 is 0 Å². The van der Waals surface area contributed by atoms with Crippen molar-refractivity contribution in [1.29, 1.82) is 0 Å². The van der Waals surface area contributed by atoms with Crippen LogP contribution in [0.15, 0.2) is 18.3 Å². The number of nitrogens with zero attached hydrogens (tertiary/aromatic N) is 2. The highest BCUT2D eigenvalue weighted by molar-refractivity contribution is 5.87. The molecule has 1 aromatic heterocycles. The molecule has 2 amide bonds. The van der Waals surface area contributed by atoms with Crippen LogP contribution in [0.1, 0.15) is 31.0 Å². The lowest BCUT2D eigenvalue weighted by molar-refractivity contribution is -0.186. The average molecular weight is 372 g/mol. The second kappa shape index (κ2) is 8.98. The fourth-order valence-electron chi connectivity index (χ4n) is 2.91. The Labute approximate surface area is 150 Å². The van der Waals surface area contributed by atoms with Gasteiger partial charge in [-0.25, -0.2) is 0 Å². The molecule has 2 N–H and O–H groups in total. The summed E-state index contributed by atoms with van der Waals surface area (Å²) >= 11 is 0. The number of pyridine rings is 1. The van der Waals surface area contributed by atoms with Gasteiger partial charge in [0.15, 0.2) is 0 Å². The zero-order valence-electron chi connectivity index (χ0n) is 14.6. The van der Waals surface area contributed by atoms with Crippen molar-refractivity contribution in [3.05, 3.63) is 29.6 Å². The van der Waals surface area contributed by atoms with E-state index in [9.17, 15) is 22.8 Å². The van der Waals surface area contributed by atoms with E-state index in [1.165, 1.54) is 6.20 Å². The zero-order chi connectivity index (χ0) is 19.2. The van der Waals surface area contributed by atoms with Gasteiger partial charge in [-0.3, -0.25) is 14.6 Å². The Kier molecular flexibility index (Phi) is 6.96. The number of aryl methyl sites for hydroxylation is 1. The highest BCUT2D eigenvalue weighted by atomic mass is 19.4. The van der Waals surface area contributed by atoms with Crippen LogP contribution in [0.3, 0.4) is 0 Å².